The number of nitrogens with one attached hydrogen (secondary N) is 1. The summed E-state index contributed by atoms with van der Waals surface area (Å²) in [4.78, 5) is 0. The highest BCUT2D eigenvalue weighted by molar-refractivity contribution is 5.34. The number of para-hydroxylation sites is 1. The molecule has 118 valence electrons. The molecule has 2 rings (SSSR count). The molecule has 0 heterocycles. The van der Waals surface area contributed by atoms with E-state index in [1.54, 1.807) is 7.11 Å². The van der Waals surface area contributed by atoms with Gasteiger partial charge in [0.1, 0.15) is 5.75 Å². The Hall–Kier alpha value is -1.02. The van der Waals surface area contributed by atoms with Crippen LogP contribution in [0.25, 0.3) is 0 Å². The smallest absolute Gasteiger partial charge is 0.122 e. The van der Waals surface area contributed by atoms with Crippen molar-refractivity contribution in [3.8, 4) is 5.75 Å². The lowest BCUT2D eigenvalue weighted by Gasteiger charge is -2.35. The molecule has 1 unspecified atom stereocenters. The molecule has 0 bridgehead atoms. The molecule has 0 aliphatic heterocycles. The fraction of sp³-hybridized carbons (Fsp3) is 0.684. The summed E-state index contributed by atoms with van der Waals surface area (Å²) >= 11 is 0. The second-order valence-electron chi connectivity index (χ2n) is 6.83. The zero-order valence-electron chi connectivity index (χ0n) is 14.1. The molecule has 0 aromatic heterocycles. The maximum atomic E-state index is 5.50. The Labute approximate surface area is 130 Å². The first-order valence-corrected chi connectivity index (χ1v) is 8.44. The van der Waals surface area contributed by atoms with Gasteiger partial charge in [-0.3, -0.25) is 0 Å². The van der Waals surface area contributed by atoms with Gasteiger partial charge in [-0.2, -0.15) is 0 Å². The van der Waals surface area contributed by atoms with Crippen LogP contribution in [0.5, 0.6) is 5.75 Å². The SMILES string of the molecule is CNC(Cc1ccccc1OC)C1CCC(C(C)C)CC1. The Kier molecular flexibility index (Phi) is 6.10. The normalized spacial score (nSPS) is 24.0. The Balaban J connectivity index is 1.97. The van der Waals surface area contributed by atoms with Gasteiger partial charge in [0.05, 0.1) is 7.11 Å². The van der Waals surface area contributed by atoms with E-state index in [1.165, 1.54) is 31.2 Å². The van der Waals surface area contributed by atoms with Gasteiger partial charge in [-0.1, -0.05) is 32.0 Å². The molecule has 1 saturated carbocycles. The minimum atomic E-state index is 0.564. The molecule has 1 aliphatic carbocycles. The number of hydrogen-bond donors (Lipinski definition) is 1. The van der Waals surface area contributed by atoms with Crippen molar-refractivity contribution in [2.45, 2.75) is 52.0 Å². The van der Waals surface area contributed by atoms with Crippen LogP contribution in [0.1, 0.15) is 45.1 Å². The molecule has 21 heavy (non-hydrogen) atoms. The standard InChI is InChI=1S/C19H31NO/c1-14(2)15-9-11-16(12-10-15)18(20-3)13-17-7-5-6-8-19(17)21-4/h5-8,14-16,18,20H,9-13H2,1-4H3. The van der Waals surface area contributed by atoms with Gasteiger partial charge >= 0.3 is 0 Å². The first kappa shape index (κ1) is 16.4. The largest absolute Gasteiger partial charge is 0.496 e. The van der Waals surface area contributed by atoms with E-state index in [0.29, 0.717) is 6.04 Å². The molecule has 1 fully saturated rings. The average Bonchev–Trinajstić information content (AvgIpc) is 2.53. The number of benzene rings is 1. The van der Waals surface area contributed by atoms with Gasteiger partial charge in [0.2, 0.25) is 0 Å². The Morgan fingerprint density at radius 3 is 2.29 bits per heavy atom. The van der Waals surface area contributed by atoms with Gasteiger partial charge in [0.25, 0.3) is 0 Å². The summed E-state index contributed by atoms with van der Waals surface area (Å²) in [5.74, 6) is 3.60. The quantitative estimate of drug-likeness (QED) is 0.843. The number of hydrogen-bond acceptors (Lipinski definition) is 2. The highest BCUT2D eigenvalue weighted by Crippen LogP contribution is 2.36. The number of methoxy groups -OCH3 is 1. The van der Waals surface area contributed by atoms with Gasteiger partial charge in [-0.05, 0) is 68.5 Å². The van der Waals surface area contributed by atoms with Crippen molar-refractivity contribution in [3.05, 3.63) is 29.8 Å². The van der Waals surface area contributed by atoms with Crippen molar-refractivity contribution >= 4 is 0 Å². The highest BCUT2D eigenvalue weighted by Gasteiger charge is 2.28. The van der Waals surface area contributed by atoms with Crippen molar-refractivity contribution in [2.24, 2.45) is 17.8 Å². The van der Waals surface area contributed by atoms with Crippen molar-refractivity contribution in [2.75, 3.05) is 14.2 Å². The second-order valence-corrected chi connectivity index (χ2v) is 6.83. The fourth-order valence-electron chi connectivity index (χ4n) is 3.83. The van der Waals surface area contributed by atoms with E-state index in [0.717, 1.165) is 29.9 Å². The van der Waals surface area contributed by atoms with Gasteiger partial charge in [0.15, 0.2) is 0 Å². The first-order chi connectivity index (χ1) is 10.2. The predicted octanol–water partition coefficient (Wildman–Crippen LogP) is 4.29. The van der Waals surface area contributed by atoms with Crippen LogP contribution in [0, 0.1) is 17.8 Å². The van der Waals surface area contributed by atoms with Crippen molar-refractivity contribution < 1.29 is 4.74 Å². The summed E-state index contributed by atoms with van der Waals surface area (Å²) in [6, 6.07) is 8.99. The van der Waals surface area contributed by atoms with Gasteiger partial charge in [-0.25, -0.2) is 0 Å². The lowest BCUT2D eigenvalue weighted by atomic mass is 9.73. The minimum absolute atomic E-state index is 0.564. The third-order valence-corrected chi connectivity index (χ3v) is 5.33. The van der Waals surface area contributed by atoms with E-state index in [2.05, 4.69) is 44.4 Å². The number of rotatable bonds is 6. The molecule has 0 spiro atoms. The summed E-state index contributed by atoms with van der Waals surface area (Å²) in [6.07, 6.45) is 6.59. The molecule has 0 radical (unpaired) electrons. The maximum Gasteiger partial charge on any atom is 0.122 e. The fourth-order valence-corrected chi connectivity index (χ4v) is 3.83. The van der Waals surface area contributed by atoms with Crippen LogP contribution in [0.15, 0.2) is 24.3 Å². The average molecular weight is 289 g/mol. The summed E-state index contributed by atoms with van der Waals surface area (Å²) in [5, 5.41) is 3.56. The molecular formula is C19H31NO. The Morgan fingerprint density at radius 2 is 1.71 bits per heavy atom. The molecule has 1 aromatic carbocycles. The van der Waals surface area contributed by atoms with Crippen LogP contribution in [0.3, 0.4) is 0 Å². The molecule has 1 aromatic rings. The second kappa shape index (κ2) is 7.84. The lowest BCUT2D eigenvalue weighted by Crippen LogP contribution is -2.38. The van der Waals surface area contributed by atoms with Crippen LogP contribution < -0.4 is 10.1 Å². The molecule has 0 saturated heterocycles. The van der Waals surface area contributed by atoms with E-state index in [1.807, 2.05) is 6.07 Å². The van der Waals surface area contributed by atoms with E-state index >= 15 is 0 Å². The maximum absolute atomic E-state index is 5.50. The van der Waals surface area contributed by atoms with E-state index in [4.69, 9.17) is 4.74 Å². The van der Waals surface area contributed by atoms with E-state index in [9.17, 15) is 0 Å². The van der Waals surface area contributed by atoms with Gasteiger partial charge in [-0.15, -0.1) is 0 Å². The zero-order valence-corrected chi connectivity index (χ0v) is 14.1. The van der Waals surface area contributed by atoms with Crippen molar-refractivity contribution in [1.29, 1.82) is 0 Å². The summed E-state index contributed by atoms with van der Waals surface area (Å²) < 4.78 is 5.50. The van der Waals surface area contributed by atoms with E-state index in [-0.39, 0.29) is 0 Å². The predicted molar refractivity (Wildman–Crippen MR) is 89.8 cm³/mol. The molecule has 1 atom stereocenters. The number of ether oxygens (including phenoxy) is 1. The highest BCUT2D eigenvalue weighted by atomic mass is 16.5. The van der Waals surface area contributed by atoms with Crippen molar-refractivity contribution in [1.82, 2.24) is 5.32 Å². The molecule has 0 amide bonds. The minimum Gasteiger partial charge on any atom is -0.496 e. The van der Waals surface area contributed by atoms with Crippen LogP contribution in [0.2, 0.25) is 0 Å². The lowest BCUT2D eigenvalue weighted by molar-refractivity contribution is 0.191. The van der Waals surface area contributed by atoms with Crippen LogP contribution in [-0.2, 0) is 6.42 Å². The zero-order chi connectivity index (χ0) is 15.2. The molecular weight excluding hydrogens is 258 g/mol. The third kappa shape index (κ3) is 4.23. The Bertz CT molecular complexity index is 421. The van der Waals surface area contributed by atoms with Gasteiger partial charge in [0, 0.05) is 6.04 Å². The summed E-state index contributed by atoms with van der Waals surface area (Å²) in [7, 11) is 3.87. The Morgan fingerprint density at radius 1 is 1.10 bits per heavy atom. The van der Waals surface area contributed by atoms with Gasteiger partial charge < -0.3 is 10.1 Å². The van der Waals surface area contributed by atoms with Crippen LogP contribution >= 0.6 is 0 Å². The van der Waals surface area contributed by atoms with E-state index < -0.39 is 0 Å². The molecule has 2 heteroatoms. The monoisotopic (exact) mass is 289 g/mol. The molecule has 1 aliphatic rings. The molecule has 1 N–H and O–H groups in total. The topological polar surface area (TPSA) is 21.3 Å². The van der Waals surface area contributed by atoms with Crippen LogP contribution in [0.4, 0.5) is 0 Å². The number of likely N-dealkylation sites (N-methyl/N-ethyl adjacent to an activating group) is 1. The van der Waals surface area contributed by atoms with Crippen LogP contribution in [-0.4, -0.2) is 20.2 Å². The van der Waals surface area contributed by atoms with Crippen molar-refractivity contribution in [3.63, 3.8) is 0 Å². The third-order valence-electron chi connectivity index (χ3n) is 5.33. The first-order valence-electron chi connectivity index (χ1n) is 8.44. The summed E-state index contributed by atoms with van der Waals surface area (Å²) in [6.45, 7) is 4.74. The molecule has 2 nitrogen and oxygen atoms in total. The summed E-state index contributed by atoms with van der Waals surface area (Å²) in [5.41, 5.74) is 1.32.